The van der Waals surface area contributed by atoms with Gasteiger partial charge in [-0.3, -0.25) is 9.59 Å². The van der Waals surface area contributed by atoms with Gasteiger partial charge in [0.2, 0.25) is 0 Å². The summed E-state index contributed by atoms with van der Waals surface area (Å²) in [5.74, 6) is -1.01. The van der Waals surface area contributed by atoms with Crippen LogP contribution in [0.4, 0.5) is 13.2 Å². The molecule has 0 unspecified atom stereocenters. The van der Waals surface area contributed by atoms with Crippen LogP contribution in [0.5, 0.6) is 0 Å². The van der Waals surface area contributed by atoms with Crippen LogP contribution in [0, 0.1) is 0 Å². The van der Waals surface area contributed by atoms with E-state index in [2.05, 4.69) is 5.32 Å². The number of halogens is 3. The number of amides is 1. The molecule has 0 aromatic heterocycles. The third kappa shape index (κ3) is 6.71. The number of hydrogen-bond donors (Lipinski definition) is 1. The number of ether oxygens (including phenoxy) is 1. The lowest BCUT2D eigenvalue weighted by Crippen LogP contribution is -2.27. The second-order valence-corrected chi connectivity index (χ2v) is 4.91. The molecule has 0 radical (unpaired) electrons. The summed E-state index contributed by atoms with van der Waals surface area (Å²) in [6, 6.07) is 4.67. The molecule has 4 nitrogen and oxygen atoms in total. The molecule has 0 heterocycles. The van der Waals surface area contributed by atoms with Crippen molar-refractivity contribution >= 4 is 11.9 Å². The van der Waals surface area contributed by atoms with Crippen LogP contribution in [0.25, 0.3) is 0 Å². The van der Waals surface area contributed by atoms with Crippen LogP contribution in [0.2, 0.25) is 0 Å². The van der Waals surface area contributed by atoms with Crippen LogP contribution >= 0.6 is 0 Å². The largest absolute Gasteiger partial charge is 0.466 e. The smallest absolute Gasteiger partial charge is 0.417 e. The van der Waals surface area contributed by atoms with E-state index >= 15 is 0 Å². The van der Waals surface area contributed by atoms with E-state index in [1.54, 1.807) is 6.92 Å². The maximum atomic E-state index is 12.8. The van der Waals surface area contributed by atoms with Gasteiger partial charge in [0.25, 0.3) is 5.91 Å². The molecule has 0 aliphatic carbocycles. The second-order valence-electron chi connectivity index (χ2n) is 4.91. The molecular weight excluding hydrogens is 311 g/mol. The maximum absolute atomic E-state index is 12.8. The number of carbonyl (C=O) groups excluding carboxylic acids is 2. The van der Waals surface area contributed by atoms with E-state index in [1.807, 2.05) is 0 Å². The first-order valence-electron chi connectivity index (χ1n) is 7.46. The molecule has 0 saturated carbocycles. The fourth-order valence-corrected chi connectivity index (χ4v) is 2.03. The Morgan fingerprint density at radius 1 is 1.13 bits per heavy atom. The van der Waals surface area contributed by atoms with Gasteiger partial charge in [0.15, 0.2) is 0 Å². The lowest BCUT2D eigenvalue weighted by Gasteiger charge is -2.12. The molecule has 0 atom stereocenters. The lowest BCUT2D eigenvalue weighted by molar-refractivity contribution is -0.143. The van der Waals surface area contributed by atoms with E-state index in [4.69, 9.17) is 4.74 Å². The van der Waals surface area contributed by atoms with Gasteiger partial charge in [0, 0.05) is 13.0 Å². The van der Waals surface area contributed by atoms with Gasteiger partial charge in [-0.1, -0.05) is 18.6 Å². The molecule has 0 bridgehead atoms. The predicted octanol–water partition coefficient (Wildman–Crippen LogP) is 3.56. The highest BCUT2D eigenvalue weighted by Crippen LogP contribution is 2.31. The van der Waals surface area contributed by atoms with Crippen molar-refractivity contribution < 1.29 is 27.5 Å². The number of nitrogens with one attached hydrogen (secondary N) is 1. The normalized spacial score (nSPS) is 11.1. The Kier molecular flexibility index (Phi) is 7.57. The number of unbranched alkanes of at least 4 members (excludes halogenated alkanes) is 2. The standard InChI is InChI=1S/C16H20F3NO3/c1-2-23-14(21)10-4-3-7-11-20-15(22)12-8-5-6-9-13(12)16(17,18)19/h5-6,8-9H,2-4,7,10-11H2,1H3,(H,20,22). The summed E-state index contributed by atoms with van der Waals surface area (Å²) in [6.45, 7) is 2.33. The average Bonchev–Trinajstić information content (AvgIpc) is 2.50. The molecule has 0 saturated heterocycles. The van der Waals surface area contributed by atoms with Crippen LogP contribution in [-0.2, 0) is 15.7 Å². The van der Waals surface area contributed by atoms with Gasteiger partial charge in [-0.25, -0.2) is 0 Å². The average molecular weight is 331 g/mol. The maximum Gasteiger partial charge on any atom is 0.417 e. The predicted molar refractivity (Wildman–Crippen MR) is 78.9 cm³/mol. The van der Waals surface area contributed by atoms with Crippen molar-refractivity contribution in [2.45, 2.75) is 38.8 Å². The minimum Gasteiger partial charge on any atom is -0.466 e. The van der Waals surface area contributed by atoms with Gasteiger partial charge >= 0.3 is 12.1 Å². The van der Waals surface area contributed by atoms with Gasteiger partial charge in [-0.05, 0) is 31.9 Å². The number of rotatable bonds is 8. The zero-order chi connectivity index (χ0) is 17.3. The van der Waals surface area contributed by atoms with Crippen molar-refractivity contribution in [1.82, 2.24) is 5.32 Å². The molecule has 1 aromatic carbocycles. The van der Waals surface area contributed by atoms with Gasteiger partial charge < -0.3 is 10.1 Å². The Balaban J connectivity index is 2.37. The van der Waals surface area contributed by atoms with E-state index in [1.165, 1.54) is 12.1 Å². The molecule has 128 valence electrons. The van der Waals surface area contributed by atoms with Crippen molar-refractivity contribution in [2.75, 3.05) is 13.2 Å². The van der Waals surface area contributed by atoms with Crippen LogP contribution in [0.1, 0.15) is 48.5 Å². The SMILES string of the molecule is CCOC(=O)CCCCCNC(=O)c1ccccc1C(F)(F)F. The van der Waals surface area contributed by atoms with Crippen molar-refractivity contribution in [3.05, 3.63) is 35.4 Å². The minimum absolute atomic E-state index is 0.258. The molecule has 1 N–H and O–H groups in total. The van der Waals surface area contributed by atoms with Crippen molar-refractivity contribution in [2.24, 2.45) is 0 Å². The number of carbonyl (C=O) groups is 2. The summed E-state index contributed by atoms with van der Waals surface area (Å²) >= 11 is 0. The molecule has 7 heteroatoms. The van der Waals surface area contributed by atoms with E-state index in [0.717, 1.165) is 12.1 Å². The fourth-order valence-electron chi connectivity index (χ4n) is 2.03. The monoisotopic (exact) mass is 331 g/mol. The quantitative estimate of drug-likeness (QED) is 0.585. The van der Waals surface area contributed by atoms with Crippen LogP contribution in [0.3, 0.4) is 0 Å². The molecule has 1 rings (SSSR count). The molecule has 0 fully saturated rings. The first kappa shape index (κ1) is 19.0. The molecule has 0 spiro atoms. The van der Waals surface area contributed by atoms with Crippen molar-refractivity contribution in [3.63, 3.8) is 0 Å². The molecule has 1 amide bonds. The van der Waals surface area contributed by atoms with Crippen LogP contribution < -0.4 is 5.32 Å². The zero-order valence-electron chi connectivity index (χ0n) is 12.9. The second kappa shape index (κ2) is 9.17. The van der Waals surface area contributed by atoms with Gasteiger partial charge in [-0.15, -0.1) is 0 Å². The first-order chi connectivity index (χ1) is 10.9. The summed E-state index contributed by atoms with van der Waals surface area (Å²) in [5, 5.41) is 2.47. The van der Waals surface area contributed by atoms with Gasteiger partial charge in [0.05, 0.1) is 17.7 Å². The highest BCUT2D eigenvalue weighted by atomic mass is 19.4. The van der Waals surface area contributed by atoms with Crippen molar-refractivity contribution in [3.8, 4) is 0 Å². The number of alkyl halides is 3. The van der Waals surface area contributed by atoms with Gasteiger partial charge in [0.1, 0.15) is 0 Å². The highest BCUT2D eigenvalue weighted by molar-refractivity contribution is 5.95. The van der Waals surface area contributed by atoms with Crippen LogP contribution in [0.15, 0.2) is 24.3 Å². The van der Waals surface area contributed by atoms with Gasteiger partial charge in [-0.2, -0.15) is 13.2 Å². The van der Waals surface area contributed by atoms with E-state index in [-0.39, 0.29) is 18.1 Å². The van der Waals surface area contributed by atoms with E-state index in [0.29, 0.717) is 32.3 Å². The Morgan fingerprint density at radius 2 is 1.83 bits per heavy atom. The number of benzene rings is 1. The third-order valence-electron chi connectivity index (χ3n) is 3.13. The Labute approximate surface area is 133 Å². The Morgan fingerprint density at radius 3 is 2.48 bits per heavy atom. The fraction of sp³-hybridized carbons (Fsp3) is 0.500. The van der Waals surface area contributed by atoms with Crippen molar-refractivity contribution in [1.29, 1.82) is 0 Å². The summed E-state index contributed by atoms with van der Waals surface area (Å²) in [4.78, 5) is 23.0. The molecule has 1 aromatic rings. The Bertz CT molecular complexity index is 530. The molecule has 0 aliphatic heterocycles. The summed E-state index contributed by atoms with van der Waals surface area (Å²) < 4.78 is 43.2. The molecule has 0 aliphatic rings. The third-order valence-corrected chi connectivity index (χ3v) is 3.13. The van der Waals surface area contributed by atoms with E-state index in [9.17, 15) is 22.8 Å². The molecule has 23 heavy (non-hydrogen) atoms. The summed E-state index contributed by atoms with van der Waals surface area (Å²) in [7, 11) is 0. The Hall–Kier alpha value is -2.05. The topological polar surface area (TPSA) is 55.4 Å². The minimum atomic E-state index is -4.56. The number of esters is 1. The lowest BCUT2D eigenvalue weighted by atomic mass is 10.1. The summed E-state index contributed by atoms with van der Waals surface area (Å²) in [5.41, 5.74) is -1.33. The first-order valence-corrected chi connectivity index (χ1v) is 7.46. The zero-order valence-corrected chi connectivity index (χ0v) is 12.9. The molecular formula is C16H20F3NO3. The summed E-state index contributed by atoms with van der Waals surface area (Å²) in [6.07, 6.45) is -2.38. The van der Waals surface area contributed by atoms with Crippen LogP contribution in [-0.4, -0.2) is 25.0 Å². The van der Waals surface area contributed by atoms with E-state index < -0.39 is 17.6 Å². The highest BCUT2D eigenvalue weighted by Gasteiger charge is 2.34. The number of hydrogen-bond acceptors (Lipinski definition) is 3.